The molecular weight excluding hydrogens is 152 g/mol. The Balaban J connectivity index is 3.08. The Labute approximate surface area is 72.2 Å². The van der Waals surface area contributed by atoms with E-state index in [0.717, 1.165) is 22.5 Å². The van der Waals surface area contributed by atoms with Gasteiger partial charge in [0.15, 0.2) is 0 Å². The van der Waals surface area contributed by atoms with Crippen molar-refractivity contribution in [3.63, 3.8) is 0 Å². The van der Waals surface area contributed by atoms with Crippen molar-refractivity contribution in [2.45, 2.75) is 20.3 Å². The highest BCUT2D eigenvalue weighted by atomic mass is 16.2. The molecule has 3 nitrogen and oxygen atoms in total. The van der Waals surface area contributed by atoms with Crippen molar-refractivity contribution < 1.29 is 5.11 Å². The molecule has 3 heteroatoms. The largest absolute Gasteiger partial charge is 0.397 e. The van der Waals surface area contributed by atoms with E-state index in [9.17, 15) is 0 Å². The predicted octanol–water partition coefficient (Wildman–Crippen LogP) is 0.815. The molecule has 0 aromatic carbocycles. The highest BCUT2D eigenvalue weighted by molar-refractivity contribution is 5.52. The summed E-state index contributed by atoms with van der Waals surface area (Å²) in [5.41, 5.74) is 9.43. The topological polar surface area (TPSA) is 59.1 Å². The molecule has 0 aliphatic heterocycles. The number of hydrogen-bond acceptors (Lipinski definition) is 3. The first-order valence-electron chi connectivity index (χ1n) is 3.98. The average molecular weight is 166 g/mol. The van der Waals surface area contributed by atoms with E-state index in [0.29, 0.717) is 6.42 Å². The van der Waals surface area contributed by atoms with E-state index in [1.54, 1.807) is 6.20 Å². The molecular formula is C9H14N2O. The van der Waals surface area contributed by atoms with Crippen molar-refractivity contribution in [1.29, 1.82) is 0 Å². The fraction of sp³-hybridized carbons (Fsp3) is 0.444. The smallest absolute Gasteiger partial charge is 0.0604 e. The molecule has 0 aliphatic rings. The van der Waals surface area contributed by atoms with Gasteiger partial charge >= 0.3 is 0 Å². The van der Waals surface area contributed by atoms with E-state index in [2.05, 4.69) is 4.98 Å². The molecule has 0 atom stereocenters. The Bertz CT molecular complexity index is 284. The van der Waals surface area contributed by atoms with Crippen LogP contribution in [-0.4, -0.2) is 16.7 Å². The molecule has 1 aromatic rings. The number of rotatable bonds is 2. The summed E-state index contributed by atoms with van der Waals surface area (Å²) in [7, 11) is 0. The van der Waals surface area contributed by atoms with Gasteiger partial charge < -0.3 is 10.8 Å². The van der Waals surface area contributed by atoms with Crippen LogP contribution in [0.25, 0.3) is 0 Å². The number of aliphatic hydroxyl groups excluding tert-OH is 1. The maximum Gasteiger partial charge on any atom is 0.0604 e. The number of anilines is 1. The van der Waals surface area contributed by atoms with Crippen LogP contribution >= 0.6 is 0 Å². The van der Waals surface area contributed by atoms with Crippen molar-refractivity contribution in [2.75, 3.05) is 12.3 Å². The molecule has 0 fully saturated rings. The van der Waals surface area contributed by atoms with E-state index in [1.807, 2.05) is 13.8 Å². The second kappa shape index (κ2) is 3.54. The summed E-state index contributed by atoms with van der Waals surface area (Å²) in [6, 6.07) is 0. The van der Waals surface area contributed by atoms with Crippen LogP contribution < -0.4 is 5.73 Å². The SMILES string of the molecule is Cc1ncc(CCO)c(C)c1N. The Hall–Kier alpha value is -1.09. The van der Waals surface area contributed by atoms with E-state index in [-0.39, 0.29) is 6.61 Å². The third kappa shape index (κ3) is 1.56. The van der Waals surface area contributed by atoms with Crippen molar-refractivity contribution in [1.82, 2.24) is 4.98 Å². The molecule has 0 radical (unpaired) electrons. The lowest BCUT2D eigenvalue weighted by Gasteiger charge is -2.08. The molecule has 1 aromatic heterocycles. The maximum atomic E-state index is 8.74. The summed E-state index contributed by atoms with van der Waals surface area (Å²) in [6.45, 7) is 3.98. The Morgan fingerprint density at radius 2 is 2.17 bits per heavy atom. The van der Waals surface area contributed by atoms with Crippen LogP contribution in [0, 0.1) is 13.8 Å². The van der Waals surface area contributed by atoms with E-state index < -0.39 is 0 Å². The lowest BCUT2D eigenvalue weighted by molar-refractivity contribution is 0.299. The van der Waals surface area contributed by atoms with Crippen LogP contribution in [0.15, 0.2) is 6.20 Å². The number of nitrogens with zero attached hydrogens (tertiary/aromatic N) is 1. The summed E-state index contributed by atoms with van der Waals surface area (Å²) >= 11 is 0. The predicted molar refractivity (Wildman–Crippen MR) is 48.9 cm³/mol. The first kappa shape index (κ1) is 9.00. The second-order valence-corrected chi connectivity index (χ2v) is 2.88. The van der Waals surface area contributed by atoms with E-state index in [4.69, 9.17) is 10.8 Å². The normalized spacial score (nSPS) is 10.2. The van der Waals surface area contributed by atoms with Gasteiger partial charge in [0.2, 0.25) is 0 Å². The number of aliphatic hydroxyl groups is 1. The number of pyridine rings is 1. The van der Waals surface area contributed by atoms with Crippen molar-refractivity contribution >= 4 is 5.69 Å². The molecule has 0 amide bonds. The van der Waals surface area contributed by atoms with Crippen LogP contribution in [0.1, 0.15) is 16.8 Å². The van der Waals surface area contributed by atoms with Crippen molar-refractivity contribution in [3.05, 3.63) is 23.0 Å². The van der Waals surface area contributed by atoms with Crippen LogP contribution in [0.2, 0.25) is 0 Å². The molecule has 1 rings (SSSR count). The third-order valence-electron chi connectivity index (χ3n) is 2.07. The summed E-state index contributed by atoms with van der Waals surface area (Å²) in [5, 5.41) is 8.74. The lowest BCUT2D eigenvalue weighted by Crippen LogP contribution is -2.02. The minimum absolute atomic E-state index is 0.144. The summed E-state index contributed by atoms with van der Waals surface area (Å²) in [6.07, 6.45) is 2.40. The zero-order valence-corrected chi connectivity index (χ0v) is 7.46. The van der Waals surface area contributed by atoms with Crippen molar-refractivity contribution in [2.24, 2.45) is 0 Å². The quantitative estimate of drug-likeness (QED) is 0.683. The van der Waals surface area contributed by atoms with Gasteiger partial charge in [0, 0.05) is 12.8 Å². The zero-order valence-electron chi connectivity index (χ0n) is 7.46. The Morgan fingerprint density at radius 3 is 2.75 bits per heavy atom. The van der Waals surface area contributed by atoms with Crippen molar-refractivity contribution in [3.8, 4) is 0 Å². The van der Waals surface area contributed by atoms with Crippen LogP contribution in [0.3, 0.4) is 0 Å². The fourth-order valence-electron chi connectivity index (χ4n) is 1.16. The Morgan fingerprint density at radius 1 is 1.50 bits per heavy atom. The summed E-state index contributed by atoms with van der Waals surface area (Å²) in [4.78, 5) is 4.12. The van der Waals surface area contributed by atoms with E-state index >= 15 is 0 Å². The monoisotopic (exact) mass is 166 g/mol. The van der Waals surface area contributed by atoms with E-state index in [1.165, 1.54) is 0 Å². The van der Waals surface area contributed by atoms with Gasteiger partial charge in [-0.1, -0.05) is 0 Å². The van der Waals surface area contributed by atoms with Crippen LogP contribution in [-0.2, 0) is 6.42 Å². The van der Waals surface area contributed by atoms with Gasteiger partial charge in [-0.25, -0.2) is 0 Å². The van der Waals surface area contributed by atoms with Gasteiger partial charge in [0.1, 0.15) is 0 Å². The van der Waals surface area contributed by atoms with Gasteiger partial charge in [-0.05, 0) is 31.4 Å². The van der Waals surface area contributed by atoms with Crippen LogP contribution in [0.4, 0.5) is 5.69 Å². The van der Waals surface area contributed by atoms with Gasteiger partial charge in [0.05, 0.1) is 11.4 Å². The third-order valence-corrected chi connectivity index (χ3v) is 2.07. The van der Waals surface area contributed by atoms with Gasteiger partial charge in [-0.3, -0.25) is 4.98 Å². The highest BCUT2D eigenvalue weighted by Crippen LogP contribution is 2.17. The molecule has 3 N–H and O–H groups in total. The second-order valence-electron chi connectivity index (χ2n) is 2.88. The van der Waals surface area contributed by atoms with Gasteiger partial charge in [-0.2, -0.15) is 0 Å². The average Bonchev–Trinajstić information content (AvgIpc) is 2.07. The number of aromatic nitrogens is 1. The molecule has 0 saturated heterocycles. The molecule has 0 aliphatic carbocycles. The molecule has 12 heavy (non-hydrogen) atoms. The minimum atomic E-state index is 0.144. The summed E-state index contributed by atoms with van der Waals surface area (Å²) in [5.74, 6) is 0. The molecule has 0 bridgehead atoms. The first-order valence-corrected chi connectivity index (χ1v) is 3.98. The number of nitrogens with two attached hydrogens (primary N) is 1. The molecule has 0 saturated carbocycles. The fourth-order valence-corrected chi connectivity index (χ4v) is 1.16. The minimum Gasteiger partial charge on any atom is -0.397 e. The van der Waals surface area contributed by atoms with Crippen LogP contribution in [0.5, 0.6) is 0 Å². The number of hydrogen-bond donors (Lipinski definition) is 2. The Kier molecular flexibility index (Phi) is 2.65. The number of nitrogen functional groups attached to an aromatic ring is 1. The standard InChI is InChI=1S/C9H14N2O/c1-6-8(3-4-12)5-11-7(2)9(6)10/h5,12H,3-4,10H2,1-2H3. The van der Waals surface area contributed by atoms with Gasteiger partial charge in [0.25, 0.3) is 0 Å². The first-order chi connectivity index (χ1) is 5.66. The van der Waals surface area contributed by atoms with Gasteiger partial charge in [-0.15, -0.1) is 0 Å². The maximum absolute atomic E-state index is 8.74. The molecule has 66 valence electrons. The molecule has 1 heterocycles. The molecule has 0 unspecified atom stereocenters. The lowest BCUT2D eigenvalue weighted by atomic mass is 10.1. The summed E-state index contributed by atoms with van der Waals surface area (Å²) < 4.78 is 0. The highest BCUT2D eigenvalue weighted by Gasteiger charge is 2.04. The number of aryl methyl sites for hydroxylation is 1. The molecule has 0 spiro atoms. The zero-order chi connectivity index (χ0) is 9.14.